The van der Waals surface area contributed by atoms with E-state index >= 15 is 0 Å². The molecule has 1 aromatic rings. The van der Waals surface area contributed by atoms with Crippen molar-refractivity contribution in [3.63, 3.8) is 0 Å². The summed E-state index contributed by atoms with van der Waals surface area (Å²) in [7, 11) is 3.83. The fraction of sp³-hybridized carbons (Fsp3) is 0.750. The normalized spacial score (nSPS) is 11.1. The van der Waals surface area contributed by atoms with Gasteiger partial charge in [0, 0.05) is 32.9 Å². The van der Waals surface area contributed by atoms with Crippen LogP contribution in [-0.2, 0) is 11.3 Å². The number of ether oxygens (including phenoxy) is 1. The zero-order valence-electron chi connectivity index (χ0n) is 11.4. The van der Waals surface area contributed by atoms with E-state index in [2.05, 4.69) is 39.9 Å². The van der Waals surface area contributed by atoms with Crippen LogP contribution in [0.4, 0.5) is 5.95 Å². The van der Waals surface area contributed by atoms with Crippen LogP contribution in [0.2, 0.25) is 0 Å². The zero-order chi connectivity index (χ0) is 12.7. The Morgan fingerprint density at radius 3 is 2.94 bits per heavy atom. The Bertz CT molecular complexity index is 324. The van der Waals surface area contributed by atoms with Crippen LogP contribution >= 0.6 is 0 Å². The van der Waals surface area contributed by atoms with Crippen LogP contribution in [0.25, 0.3) is 0 Å². The Morgan fingerprint density at radius 2 is 2.29 bits per heavy atom. The molecule has 0 radical (unpaired) electrons. The van der Waals surface area contributed by atoms with Crippen molar-refractivity contribution in [2.24, 2.45) is 0 Å². The molecule has 1 N–H and O–H groups in total. The summed E-state index contributed by atoms with van der Waals surface area (Å²) in [5.41, 5.74) is 1.05. The van der Waals surface area contributed by atoms with E-state index in [9.17, 15) is 0 Å². The fourth-order valence-corrected chi connectivity index (χ4v) is 1.56. The van der Waals surface area contributed by atoms with Crippen molar-refractivity contribution in [1.29, 1.82) is 0 Å². The molecule has 0 aliphatic carbocycles. The monoisotopic (exact) mass is 240 g/mol. The highest BCUT2D eigenvalue weighted by Gasteiger charge is 2.05. The molecule has 0 aliphatic heterocycles. The van der Waals surface area contributed by atoms with E-state index in [1.807, 2.05) is 6.92 Å². The van der Waals surface area contributed by atoms with Crippen molar-refractivity contribution in [3.05, 3.63) is 11.9 Å². The van der Waals surface area contributed by atoms with Gasteiger partial charge in [0.05, 0.1) is 12.3 Å². The molecule has 17 heavy (non-hydrogen) atoms. The van der Waals surface area contributed by atoms with Crippen LogP contribution < -0.4 is 5.32 Å². The smallest absolute Gasteiger partial charge is 0.203 e. The molecule has 0 amide bonds. The quantitative estimate of drug-likeness (QED) is 0.693. The number of aryl methyl sites for hydroxylation is 1. The molecule has 1 heterocycles. The molecule has 0 saturated carbocycles. The number of aromatic nitrogens is 2. The number of imidazole rings is 1. The maximum absolute atomic E-state index is 5.02. The van der Waals surface area contributed by atoms with Gasteiger partial charge in [-0.1, -0.05) is 6.92 Å². The van der Waals surface area contributed by atoms with E-state index in [0.29, 0.717) is 6.61 Å². The predicted molar refractivity (Wildman–Crippen MR) is 70.5 cm³/mol. The highest BCUT2D eigenvalue weighted by Crippen LogP contribution is 2.08. The SMILES string of the molecule is CCN(C)CCn1cc(C)nc1NCCOC. The first-order valence-electron chi connectivity index (χ1n) is 6.12. The topological polar surface area (TPSA) is 42.3 Å². The predicted octanol–water partition coefficient (Wildman–Crippen LogP) is 1.20. The Balaban J connectivity index is 2.51. The number of hydrogen-bond donors (Lipinski definition) is 1. The molecule has 0 atom stereocenters. The summed E-state index contributed by atoms with van der Waals surface area (Å²) in [5.74, 6) is 0.934. The fourth-order valence-electron chi connectivity index (χ4n) is 1.56. The summed E-state index contributed by atoms with van der Waals surface area (Å²) >= 11 is 0. The number of rotatable bonds is 8. The van der Waals surface area contributed by atoms with Gasteiger partial charge < -0.3 is 19.5 Å². The van der Waals surface area contributed by atoms with Gasteiger partial charge >= 0.3 is 0 Å². The van der Waals surface area contributed by atoms with Gasteiger partial charge in [-0.2, -0.15) is 0 Å². The molecule has 1 rings (SSSR count). The van der Waals surface area contributed by atoms with Crippen molar-refractivity contribution in [3.8, 4) is 0 Å². The second kappa shape index (κ2) is 7.29. The number of hydrogen-bond acceptors (Lipinski definition) is 4. The zero-order valence-corrected chi connectivity index (χ0v) is 11.4. The molecule has 98 valence electrons. The third-order valence-corrected chi connectivity index (χ3v) is 2.75. The number of nitrogens with one attached hydrogen (secondary N) is 1. The molecule has 0 spiro atoms. The second-order valence-corrected chi connectivity index (χ2v) is 4.21. The molecule has 0 aromatic carbocycles. The molecule has 0 bridgehead atoms. The van der Waals surface area contributed by atoms with Crippen molar-refractivity contribution < 1.29 is 4.74 Å². The number of nitrogens with zero attached hydrogens (tertiary/aromatic N) is 3. The number of methoxy groups -OCH3 is 1. The van der Waals surface area contributed by atoms with Gasteiger partial charge in [0.15, 0.2) is 0 Å². The summed E-state index contributed by atoms with van der Waals surface area (Å²) in [6.07, 6.45) is 2.08. The minimum absolute atomic E-state index is 0.695. The van der Waals surface area contributed by atoms with Gasteiger partial charge in [-0.25, -0.2) is 4.98 Å². The Hall–Kier alpha value is -1.07. The van der Waals surface area contributed by atoms with Crippen LogP contribution in [0.5, 0.6) is 0 Å². The second-order valence-electron chi connectivity index (χ2n) is 4.21. The lowest BCUT2D eigenvalue weighted by molar-refractivity contribution is 0.210. The Morgan fingerprint density at radius 1 is 1.53 bits per heavy atom. The molecular weight excluding hydrogens is 216 g/mol. The lowest BCUT2D eigenvalue weighted by Crippen LogP contribution is -2.23. The molecule has 0 fully saturated rings. The van der Waals surface area contributed by atoms with Gasteiger partial charge in [0.2, 0.25) is 5.95 Å². The summed E-state index contributed by atoms with van der Waals surface area (Å²) in [6, 6.07) is 0. The summed E-state index contributed by atoms with van der Waals surface area (Å²) in [5, 5.41) is 3.29. The highest BCUT2D eigenvalue weighted by atomic mass is 16.5. The first-order chi connectivity index (χ1) is 8.17. The Labute approximate surface area is 104 Å². The van der Waals surface area contributed by atoms with E-state index in [0.717, 1.165) is 37.8 Å². The minimum atomic E-state index is 0.695. The standard InChI is InChI=1S/C12H24N4O/c1-5-15(3)7-8-16-10-11(2)14-12(16)13-6-9-17-4/h10H,5-9H2,1-4H3,(H,13,14). The van der Waals surface area contributed by atoms with Gasteiger partial charge in [-0.3, -0.25) is 0 Å². The van der Waals surface area contributed by atoms with Crippen molar-refractivity contribution in [2.45, 2.75) is 20.4 Å². The van der Waals surface area contributed by atoms with E-state index < -0.39 is 0 Å². The van der Waals surface area contributed by atoms with Crippen LogP contribution in [0, 0.1) is 6.92 Å². The molecule has 5 heteroatoms. The van der Waals surface area contributed by atoms with Gasteiger partial charge in [0.25, 0.3) is 0 Å². The Kier molecular flexibility index (Phi) is 6.00. The van der Waals surface area contributed by atoms with Crippen molar-refractivity contribution in [2.75, 3.05) is 45.7 Å². The van der Waals surface area contributed by atoms with Crippen LogP contribution in [0.3, 0.4) is 0 Å². The highest BCUT2D eigenvalue weighted by molar-refractivity contribution is 5.28. The number of likely N-dealkylation sites (N-methyl/N-ethyl adjacent to an activating group) is 1. The number of anilines is 1. The summed E-state index contributed by atoms with van der Waals surface area (Å²) in [4.78, 5) is 6.75. The van der Waals surface area contributed by atoms with E-state index in [-0.39, 0.29) is 0 Å². The maximum Gasteiger partial charge on any atom is 0.203 e. The third-order valence-electron chi connectivity index (χ3n) is 2.75. The largest absolute Gasteiger partial charge is 0.383 e. The molecule has 0 saturated heterocycles. The first kappa shape index (κ1) is 14.0. The lowest BCUT2D eigenvalue weighted by Gasteiger charge is -2.15. The van der Waals surface area contributed by atoms with Gasteiger partial charge in [0.1, 0.15) is 0 Å². The van der Waals surface area contributed by atoms with Crippen LogP contribution in [0.15, 0.2) is 6.20 Å². The van der Waals surface area contributed by atoms with Crippen molar-refractivity contribution >= 4 is 5.95 Å². The van der Waals surface area contributed by atoms with E-state index in [1.54, 1.807) is 7.11 Å². The van der Waals surface area contributed by atoms with Crippen LogP contribution in [-0.4, -0.2) is 54.8 Å². The van der Waals surface area contributed by atoms with Gasteiger partial charge in [-0.15, -0.1) is 0 Å². The molecule has 0 aliphatic rings. The average Bonchev–Trinajstić information content (AvgIpc) is 2.67. The van der Waals surface area contributed by atoms with E-state index in [4.69, 9.17) is 4.74 Å². The van der Waals surface area contributed by atoms with Gasteiger partial charge in [-0.05, 0) is 20.5 Å². The van der Waals surface area contributed by atoms with Crippen LogP contribution in [0.1, 0.15) is 12.6 Å². The van der Waals surface area contributed by atoms with Crippen molar-refractivity contribution in [1.82, 2.24) is 14.5 Å². The lowest BCUT2D eigenvalue weighted by atomic mass is 10.5. The summed E-state index contributed by atoms with van der Waals surface area (Å²) < 4.78 is 7.18. The first-order valence-corrected chi connectivity index (χ1v) is 6.12. The molecule has 5 nitrogen and oxygen atoms in total. The molecule has 0 unspecified atom stereocenters. The maximum atomic E-state index is 5.02. The average molecular weight is 240 g/mol. The third kappa shape index (κ3) is 4.75. The molecular formula is C12H24N4O. The van der Waals surface area contributed by atoms with E-state index in [1.165, 1.54) is 0 Å². The molecule has 1 aromatic heterocycles. The summed E-state index contributed by atoms with van der Waals surface area (Å²) in [6.45, 7) is 8.72. The minimum Gasteiger partial charge on any atom is -0.383 e.